The highest BCUT2D eigenvalue weighted by Gasteiger charge is 2.32. The Balaban J connectivity index is 1.38. The molecule has 1 aliphatic rings. The second-order valence-electron chi connectivity index (χ2n) is 7.40. The molecule has 0 bridgehead atoms. The summed E-state index contributed by atoms with van der Waals surface area (Å²) >= 11 is 1.81. The van der Waals surface area contributed by atoms with Crippen LogP contribution in [0.15, 0.2) is 54.6 Å². The van der Waals surface area contributed by atoms with Crippen molar-refractivity contribution in [2.75, 3.05) is 13.1 Å². The quantitative estimate of drug-likeness (QED) is 0.715. The van der Waals surface area contributed by atoms with Crippen molar-refractivity contribution in [3.8, 4) is 0 Å². The van der Waals surface area contributed by atoms with Gasteiger partial charge in [0.15, 0.2) is 6.04 Å². The van der Waals surface area contributed by atoms with Gasteiger partial charge in [-0.05, 0) is 37.5 Å². The summed E-state index contributed by atoms with van der Waals surface area (Å²) in [5, 5.41) is 4.33. The van der Waals surface area contributed by atoms with Gasteiger partial charge in [-0.3, -0.25) is 4.79 Å². The van der Waals surface area contributed by atoms with Crippen LogP contribution in [0.25, 0.3) is 10.2 Å². The Morgan fingerprint density at radius 2 is 2.00 bits per heavy atom. The molecule has 0 aliphatic carbocycles. The molecular weight excluding hydrogens is 354 g/mol. The van der Waals surface area contributed by atoms with Crippen LogP contribution in [-0.4, -0.2) is 30.0 Å². The minimum absolute atomic E-state index is 0.0362. The smallest absolute Gasteiger partial charge is 0.278 e. The number of para-hydroxylation sites is 1. The van der Waals surface area contributed by atoms with Gasteiger partial charge in [-0.1, -0.05) is 42.5 Å². The number of nitrogens with one attached hydrogen (secondary N) is 2. The van der Waals surface area contributed by atoms with Gasteiger partial charge in [-0.15, -0.1) is 11.3 Å². The molecular formula is C22H26N3OS+. The largest absolute Gasteiger partial charge is 0.347 e. The molecule has 3 aromatic rings. The number of amides is 1. The lowest BCUT2D eigenvalue weighted by atomic mass is 9.97. The summed E-state index contributed by atoms with van der Waals surface area (Å²) in [6.07, 6.45) is 2.31. The van der Waals surface area contributed by atoms with Crippen LogP contribution in [0.1, 0.15) is 36.3 Å². The number of fused-ring (bicyclic) bond motifs is 1. The van der Waals surface area contributed by atoms with Gasteiger partial charge in [0, 0.05) is 6.54 Å². The minimum atomic E-state index is -0.0362. The Morgan fingerprint density at radius 3 is 2.81 bits per heavy atom. The molecule has 3 atom stereocenters. The van der Waals surface area contributed by atoms with E-state index in [0.717, 1.165) is 30.6 Å². The first kappa shape index (κ1) is 18.1. The van der Waals surface area contributed by atoms with Crippen LogP contribution in [0.2, 0.25) is 0 Å². The summed E-state index contributed by atoms with van der Waals surface area (Å²) in [5.41, 5.74) is 2.23. The van der Waals surface area contributed by atoms with E-state index in [1.165, 1.54) is 21.0 Å². The van der Waals surface area contributed by atoms with E-state index in [-0.39, 0.29) is 11.9 Å². The van der Waals surface area contributed by atoms with Crippen molar-refractivity contribution in [1.82, 2.24) is 10.3 Å². The number of piperidine rings is 1. The normalized spacial score (nSPS) is 21.1. The number of rotatable bonds is 5. The molecule has 140 valence electrons. The van der Waals surface area contributed by atoms with Gasteiger partial charge in [0.1, 0.15) is 5.01 Å². The third-order valence-electron chi connectivity index (χ3n) is 5.53. The van der Waals surface area contributed by atoms with Crippen molar-refractivity contribution in [3.63, 3.8) is 0 Å². The molecule has 2 aromatic carbocycles. The molecule has 2 N–H and O–H groups in total. The molecule has 1 aliphatic heterocycles. The van der Waals surface area contributed by atoms with E-state index in [0.29, 0.717) is 12.5 Å². The Morgan fingerprint density at radius 1 is 1.22 bits per heavy atom. The highest BCUT2D eigenvalue weighted by atomic mass is 32.1. The fraction of sp³-hybridized carbons (Fsp3) is 0.364. The van der Waals surface area contributed by atoms with Crippen LogP contribution < -0.4 is 10.2 Å². The van der Waals surface area contributed by atoms with E-state index in [2.05, 4.69) is 30.4 Å². The van der Waals surface area contributed by atoms with Crippen LogP contribution >= 0.6 is 11.3 Å². The fourth-order valence-electron chi connectivity index (χ4n) is 3.89. The molecule has 0 saturated carbocycles. The van der Waals surface area contributed by atoms with Gasteiger partial charge in [-0.25, -0.2) is 4.98 Å². The molecule has 1 amide bonds. The number of thiazole rings is 1. The van der Waals surface area contributed by atoms with E-state index in [4.69, 9.17) is 4.98 Å². The number of aromatic nitrogens is 1. The Bertz CT molecular complexity index is 875. The maximum Gasteiger partial charge on any atom is 0.278 e. The summed E-state index contributed by atoms with van der Waals surface area (Å²) < 4.78 is 1.26. The molecule has 0 radical (unpaired) electrons. The predicted octanol–water partition coefficient (Wildman–Crippen LogP) is 2.76. The Labute approximate surface area is 164 Å². The highest BCUT2D eigenvalue weighted by Crippen LogP contribution is 2.30. The first-order valence-electron chi connectivity index (χ1n) is 9.72. The second-order valence-corrected chi connectivity index (χ2v) is 8.46. The fourth-order valence-corrected chi connectivity index (χ4v) is 4.99. The summed E-state index contributed by atoms with van der Waals surface area (Å²) in [7, 11) is 0. The van der Waals surface area contributed by atoms with Crippen LogP contribution in [0, 0.1) is 0 Å². The lowest BCUT2D eigenvalue weighted by Gasteiger charge is -2.32. The van der Waals surface area contributed by atoms with Crippen LogP contribution in [0.3, 0.4) is 0 Å². The zero-order valence-electron chi connectivity index (χ0n) is 15.7. The average Bonchev–Trinajstić information content (AvgIpc) is 3.17. The number of likely N-dealkylation sites (tertiary alicyclic amines) is 1. The Hall–Kier alpha value is -2.24. The molecule has 27 heavy (non-hydrogen) atoms. The number of benzene rings is 2. The minimum Gasteiger partial charge on any atom is -0.347 e. The van der Waals surface area contributed by atoms with Crippen molar-refractivity contribution >= 4 is 27.5 Å². The number of hydrogen-bond donors (Lipinski definition) is 2. The van der Waals surface area contributed by atoms with Crippen molar-refractivity contribution in [3.05, 3.63) is 65.2 Å². The highest BCUT2D eigenvalue weighted by molar-refractivity contribution is 7.18. The maximum absolute atomic E-state index is 12.7. The van der Waals surface area contributed by atoms with Crippen LogP contribution in [0.5, 0.6) is 0 Å². The molecule has 5 heteroatoms. The van der Waals surface area contributed by atoms with E-state index in [1.807, 2.05) is 47.7 Å². The van der Waals surface area contributed by atoms with Gasteiger partial charge in [-0.2, -0.15) is 0 Å². The van der Waals surface area contributed by atoms with Gasteiger partial charge in [0.2, 0.25) is 0 Å². The molecule has 2 heterocycles. The number of hydrogen-bond acceptors (Lipinski definition) is 3. The topological polar surface area (TPSA) is 46.4 Å². The summed E-state index contributed by atoms with van der Waals surface area (Å²) in [5.74, 6) is 0.592. The first-order chi connectivity index (χ1) is 13.2. The number of carbonyl (C=O) groups is 1. The van der Waals surface area contributed by atoms with E-state index < -0.39 is 0 Å². The van der Waals surface area contributed by atoms with Gasteiger partial charge >= 0.3 is 0 Å². The van der Waals surface area contributed by atoms with Crippen LogP contribution in [-0.2, 0) is 11.3 Å². The molecule has 0 spiro atoms. The van der Waals surface area contributed by atoms with Crippen LogP contribution in [0.4, 0.5) is 0 Å². The zero-order valence-corrected chi connectivity index (χ0v) is 16.5. The number of nitrogens with zero attached hydrogens (tertiary/aromatic N) is 1. The molecule has 1 aromatic heterocycles. The predicted molar refractivity (Wildman–Crippen MR) is 110 cm³/mol. The van der Waals surface area contributed by atoms with Gasteiger partial charge in [0.05, 0.1) is 29.2 Å². The molecule has 4 rings (SSSR count). The van der Waals surface area contributed by atoms with E-state index >= 15 is 0 Å². The monoisotopic (exact) mass is 380 g/mol. The Kier molecular flexibility index (Phi) is 5.50. The third kappa shape index (κ3) is 4.20. The molecule has 1 saturated heterocycles. The van der Waals surface area contributed by atoms with Crippen molar-refractivity contribution in [2.24, 2.45) is 0 Å². The third-order valence-corrected chi connectivity index (χ3v) is 6.73. The lowest BCUT2D eigenvalue weighted by molar-refractivity contribution is -0.920. The molecule has 1 unspecified atom stereocenters. The molecule has 4 nitrogen and oxygen atoms in total. The summed E-state index contributed by atoms with van der Waals surface area (Å²) in [6, 6.07) is 18.4. The van der Waals surface area contributed by atoms with Crippen molar-refractivity contribution < 1.29 is 9.69 Å². The van der Waals surface area contributed by atoms with Crippen molar-refractivity contribution in [1.29, 1.82) is 0 Å². The van der Waals surface area contributed by atoms with E-state index in [9.17, 15) is 4.79 Å². The number of carbonyl (C=O) groups excluding carboxylic acids is 1. The van der Waals surface area contributed by atoms with Crippen molar-refractivity contribution in [2.45, 2.75) is 38.3 Å². The summed E-state index contributed by atoms with van der Waals surface area (Å²) in [4.78, 5) is 18.9. The van der Waals surface area contributed by atoms with E-state index in [1.54, 1.807) is 0 Å². The first-order valence-corrected chi connectivity index (χ1v) is 10.5. The van der Waals surface area contributed by atoms with Gasteiger partial charge in [0.25, 0.3) is 5.91 Å². The maximum atomic E-state index is 12.7. The zero-order chi connectivity index (χ0) is 18.6. The molecule has 1 fully saturated rings. The second kappa shape index (κ2) is 8.19. The average molecular weight is 381 g/mol. The summed E-state index contributed by atoms with van der Waals surface area (Å²) in [6.45, 7) is 4.69. The number of quaternary nitrogens is 1. The standard InChI is InChI=1S/C22H25N3OS/c1-16(21(26)23-14-17-8-3-2-4-9-17)25-13-7-10-18(15-25)22-24-19-11-5-6-12-20(19)27-22/h2-6,8-9,11-12,16,18H,7,10,13-15H2,1H3,(H,23,26)/p+1/t16-,18-/m0/s1. The SMILES string of the molecule is C[C@@H](C(=O)NCc1ccccc1)[NH+]1CCC[C@H](c2nc3ccccc3s2)C1. The lowest BCUT2D eigenvalue weighted by Crippen LogP contribution is -3.17. The van der Waals surface area contributed by atoms with Gasteiger partial charge < -0.3 is 10.2 Å².